The molecule has 0 radical (unpaired) electrons. The molecule has 0 spiro atoms. The minimum absolute atomic E-state index is 0.529. The van der Waals surface area contributed by atoms with Crippen LogP contribution < -0.4 is 4.74 Å². The standard InChI is InChI=1S/C25H18N4OS/c1-12-26-19-8-7-17-16-5-3-15(10-22(16)31-25(17)24(19)29-12)14-4-6-18-21(9-14)30-11-20-23(18)28-13(2)27-20/h3-10H,11H2,1-2H3,(H,26,29)(H,27,28). The lowest BCUT2D eigenvalue weighted by Crippen LogP contribution is -2.05. The van der Waals surface area contributed by atoms with Gasteiger partial charge < -0.3 is 14.7 Å². The number of thiophene rings is 1. The molecule has 0 saturated heterocycles. The monoisotopic (exact) mass is 422 g/mol. The van der Waals surface area contributed by atoms with Gasteiger partial charge in [-0.2, -0.15) is 0 Å². The largest absolute Gasteiger partial charge is 0.487 e. The molecule has 1 aliphatic rings. The van der Waals surface area contributed by atoms with Gasteiger partial charge >= 0.3 is 0 Å². The number of nitrogens with zero attached hydrogens (tertiary/aromatic N) is 2. The highest BCUT2D eigenvalue weighted by molar-refractivity contribution is 7.26. The van der Waals surface area contributed by atoms with Gasteiger partial charge in [0.15, 0.2) is 0 Å². The fraction of sp³-hybridized carbons (Fsp3) is 0.120. The molecule has 31 heavy (non-hydrogen) atoms. The van der Waals surface area contributed by atoms with Gasteiger partial charge in [0.2, 0.25) is 0 Å². The number of ether oxygens (including phenoxy) is 1. The van der Waals surface area contributed by atoms with Gasteiger partial charge in [0.05, 0.1) is 21.6 Å². The molecule has 0 bridgehead atoms. The van der Waals surface area contributed by atoms with Gasteiger partial charge in [0.1, 0.15) is 29.5 Å². The number of nitrogens with one attached hydrogen (secondary N) is 2. The van der Waals surface area contributed by atoms with Crippen molar-refractivity contribution in [2.24, 2.45) is 0 Å². The highest BCUT2D eigenvalue weighted by Gasteiger charge is 2.21. The average molecular weight is 423 g/mol. The molecule has 2 N–H and O–H groups in total. The SMILES string of the molecule is Cc1nc2c([nH]1)COc1cc(-c3ccc4c(c3)sc3c4ccc4[nH]c(C)nc43)ccc1-2. The van der Waals surface area contributed by atoms with Crippen molar-refractivity contribution in [2.45, 2.75) is 20.5 Å². The lowest BCUT2D eigenvalue weighted by atomic mass is 9.99. The fourth-order valence-corrected chi connectivity index (χ4v) is 5.88. The molecule has 0 aliphatic carbocycles. The second-order valence-corrected chi connectivity index (χ2v) is 9.17. The van der Waals surface area contributed by atoms with E-state index in [0.29, 0.717) is 6.61 Å². The summed E-state index contributed by atoms with van der Waals surface area (Å²) in [4.78, 5) is 16.0. The molecule has 3 aromatic carbocycles. The first-order valence-corrected chi connectivity index (χ1v) is 11.1. The van der Waals surface area contributed by atoms with E-state index in [1.165, 1.54) is 25.7 Å². The molecule has 4 heterocycles. The van der Waals surface area contributed by atoms with E-state index in [1.807, 2.05) is 25.2 Å². The van der Waals surface area contributed by atoms with Crippen molar-refractivity contribution in [1.29, 1.82) is 0 Å². The molecular formula is C25H18N4OS. The second kappa shape index (κ2) is 5.95. The van der Waals surface area contributed by atoms with E-state index in [1.54, 1.807) is 0 Å². The number of aromatic amines is 2. The van der Waals surface area contributed by atoms with Gasteiger partial charge in [0, 0.05) is 21.0 Å². The lowest BCUT2D eigenvalue weighted by Gasteiger charge is -2.17. The molecule has 0 atom stereocenters. The van der Waals surface area contributed by atoms with E-state index in [-0.39, 0.29) is 0 Å². The number of benzene rings is 3. The summed E-state index contributed by atoms with van der Waals surface area (Å²) < 4.78 is 8.54. The minimum Gasteiger partial charge on any atom is -0.487 e. The molecular weight excluding hydrogens is 404 g/mol. The summed E-state index contributed by atoms with van der Waals surface area (Å²) in [5.41, 5.74) is 7.58. The Morgan fingerprint density at radius 2 is 1.68 bits per heavy atom. The summed E-state index contributed by atoms with van der Waals surface area (Å²) in [7, 11) is 0. The average Bonchev–Trinajstić information content (AvgIpc) is 3.45. The molecule has 1 aliphatic heterocycles. The Balaban J connectivity index is 1.38. The van der Waals surface area contributed by atoms with Crippen LogP contribution in [0.25, 0.3) is 53.6 Å². The fourth-order valence-electron chi connectivity index (χ4n) is 4.64. The highest BCUT2D eigenvalue weighted by atomic mass is 32.1. The first-order valence-electron chi connectivity index (χ1n) is 10.3. The second-order valence-electron chi connectivity index (χ2n) is 8.12. The van der Waals surface area contributed by atoms with Crippen molar-refractivity contribution < 1.29 is 4.74 Å². The first-order chi connectivity index (χ1) is 15.1. The van der Waals surface area contributed by atoms with E-state index in [0.717, 1.165) is 50.9 Å². The van der Waals surface area contributed by atoms with Gasteiger partial charge in [-0.1, -0.05) is 24.3 Å². The van der Waals surface area contributed by atoms with Gasteiger partial charge in [-0.3, -0.25) is 0 Å². The van der Waals surface area contributed by atoms with E-state index in [4.69, 9.17) is 9.72 Å². The van der Waals surface area contributed by atoms with Gasteiger partial charge in [-0.25, -0.2) is 9.97 Å². The number of H-pyrrole nitrogens is 2. The topological polar surface area (TPSA) is 66.6 Å². The maximum Gasteiger partial charge on any atom is 0.130 e. The number of fused-ring (bicyclic) bond motifs is 8. The van der Waals surface area contributed by atoms with E-state index in [2.05, 4.69) is 63.5 Å². The number of aromatic nitrogens is 4. The van der Waals surface area contributed by atoms with Crippen molar-refractivity contribution in [3.8, 4) is 28.1 Å². The quantitative estimate of drug-likeness (QED) is 0.318. The van der Waals surface area contributed by atoms with Crippen LogP contribution in [-0.2, 0) is 6.61 Å². The van der Waals surface area contributed by atoms with Crippen LogP contribution in [0.3, 0.4) is 0 Å². The Labute approximate surface area is 181 Å². The van der Waals surface area contributed by atoms with Crippen LogP contribution in [0, 0.1) is 13.8 Å². The minimum atomic E-state index is 0.529. The third-order valence-electron chi connectivity index (χ3n) is 6.05. The Morgan fingerprint density at radius 3 is 2.61 bits per heavy atom. The maximum absolute atomic E-state index is 6.03. The predicted octanol–water partition coefficient (Wildman–Crippen LogP) is 6.50. The molecule has 6 aromatic rings. The zero-order valence-electron chi connectivity index (χ0n) is 17.0. The lowest BCUT2D eigenvalue weighted by molar-refractivity contribution is 0.298. The Bertz CT molecular complexity index is 1670. The van der Waals surface area contributed by atoms with Crippen LogP contribution in [0.5, 0.6) is 5.75 Å². The zero-order chi connectivity index (χ0) is 20.7. The third-order valence-corrected chi connectivity index (χ3v) is 7.22. The summed E-state index contributed by atoms with van der Waals surface area (Å²) in [6.45, 7) is 4.51. The maximum atomic E-state index is 6.03. The van der Waals surface area contributed by atoms with Crippen molar-refractivity contribution >= 4 is 42.5 Å². The number of imidazole rings is 2. The smallest absolute Gasteiger partial charge is 0.130 e. The molecule has 0 amide bonds. The summed E-state index contributed by atoms with van der Waals surface area (Å²) in [6, 6.07) is 17.4. The molecule has 150 valence electrons. The summed E-state index contributed by atoms with van der Waals surface area (Å²) in [5.74, 6) is 2.76. The van der Waals surface area contributed by atoms with E-state index < -0.39 is 0 Å². The molecule has 3 aromatic heterocycles. The Morgan fingerprint density at radius 1 is 0.871 bits per heavy atom. The van der Waals surface area contributed by atoms with Crippen LogP contribution in [0.1, 0.15) is 17.3 Å². The van der Waals surface area contributed by atoms with Crippen molar-refractivity contribution in [1.82, 2.24) is 19.9 Å². The van der Waals surface area contributed by atoms with Crippen LogP contribution in [0.4, 0.5) is 0 Å². The third kappa shape index (κ3) is 2.42. The van der Waals surface area contributed by atoms with Crippen LogP contribution in [0.15, 0.2) is 48.5 Å². The summed E-state index contributed by atoms with van der Waals surface area (Å²) in [5, 5.41) is 2.54. The van der Waals surface area contributed by atoms with Crippen LogP contribution in [0.2, 0.25) is 0 Å². The predicted molar refractivity (Wildman–Crippen MR) is 126 cm³/mol. The van der Waals surface area contributed by atoms with E-state index >= 15 is 0 Å². The van der Waals surface area contributed by atoms with Gasteiger partial charge in [0.25, 0.3) is 0 Å². The number of hydrogen-bond acceptors (Lipinski definition) is 4. The highest BCUT2D eigenvalue weighted by Crippen LogP contribution is 2.42. The molecule has 7 rings (SSSR count). The molecule has 5 nitrogen and oxygen atoms in total. The van der Waals surface area contributed by atoms with Crippen molar-refractivity contribution in [3.63, 3.8) is 0 Å². The molecule has 0 fully saturated rings. The van der Waals surface area contributed by atoms with E-state index in [9.17, 15) is 0 Å². The van der Waals surface area contributed by atoms with Crippen molar-refractivity contribution in [3.05, 3.63) is 65.9 Å². The Hall–Kier alpha value is -3.64. The summed E-state index contributed by atoms with van der Waals surface area (Å²) >= 11 is 1.81. The normalized spacial score (nSPS) is 13.0. The molecule has 6 heteroatoms. The molecule has 0 unspecified atom stereocenters. The first kappa shape index (κ1) is 17.1. The zero-order valence-corrected chi connectivity index (χ0v) is 17.9. The Kier molecular flexibility index (Phi) is 3.28. The van der Waals surface area contributed by atoms with Crippen molar-refractivity contribution in [2.75, 3.05) is 0 Å². The van der Waals surface area contributed by atoms with Gasteiger partial charge in [-0.15, -0.1) is 11.3 Å². The molecule has 0 saturated carbocycles. The van der Waals surface area contributed by atoms with Gasteiger partial charge in [-0.05, 0) is 49.2 Å². The number of aryl methyl sites for hydroxylation is 2. The number of rotatable bonds is 1. The number of hydrogen-bond donors (Lipinski definition) is 2. The summed E-state index contributed by atoms with van der Waals surface area (Å²) in [6.07, 6.45) is 0. The van der Waals surface area contributed by atoms with Crippen LogP contribution >= 0.6 is 11.3 Å². The van der Waals surface area contributed by atoms with Crippen LogP contribution in [-0.4, -0.2) is 19.9 Å².